The first-order chi connectivity index (χ1) is 27.2. The summed E-state index contributed by atoms with van der Waals surface area (Å²) < 4.78 is 6.36. The number of hydrogen-bond donors (Lipinski definition) is 0. The normalized spacial score (nSPS) is 11.3. The lowest BCUT2D eigenvalue weighted by atomic mass is 9.92. The maximum Gasteiger partial charge on any atom is 0.160 e. The smallest absolute Gasteiger partial charge is 0.160 e. The quantitative estimate of drug-likeness (QED) is 0.166. The lowest BCUT2D eigenvalue weighted by Gasteiger charge is -2.14. The van der Waals surface area contributed by atoms with E-state index in [0.717, 1.165) is 83.4 Å². The monoisotopic (exact) mass is 702 g/mol. The summed E-state index contributed by atoms with van der Waals surface area (Å²) in [6, 6.07) is 72.3. The molecule has 3 heteroatoms. The zero-order valence-electron chi connectivity index (χ0n) is 29.9. The van der Waals surface area contributed by atoms with Gasteiger partial charge < -0.3 is 4.42 Å². The Kier molecular flexibility index (Phi) is 8.16. The van der Waals surface area contributed by atoms with Gasteiger partial charge in [0.15, 0.2) is 5.82 Å². The fraction of sp³-hybridized carbons (Fsp3) is 0. The highest BCUT2D eigenvalue weighted by molar-refractivity contribution is 6.06. The van der Waals surface area contributed by atoms with Gasteiger partial charge in [-0.25, -0.2) is 9.97 Å². The van der Waals surface area contributed by atoms with E-state index in [0.29, 0.717) is 5.82 Å². The van der Waals surface area contributed by atoms with E-state index in [1.165, 1.54) is 11.1 Å². The van der Waals surface area contributed by atoms with E-state index in [-0.39, 0.29) is 0 Å². The summed E-state index contributed by atoms with van der Waals surface area (Å²) in [6.45, 7) is 0. The Morgan fingerprint density at radius 1 is 0.255 bits per heavy atom. The average molecular weight is 703 g/mol. The lowest BCUT2D eigenvalue weighted by molar-refractivity contribution is 0.669. The summed E-state index contributed by atoms with van der Waals surface area (Å²) in [5, 5.41) is 2.23. The number of fused-ring (bicyclic) bond motifs is 3. The van der Waals surface area contributed by atoms with E-state index < -0.39 is 0 Å². The van der Waals surface area contributed by atoms with E-state index in [9.17, 15) is 0 Å². The minimum absolute atomic E-state index is 0.677. The Morgan fingerprint density at radius 3 is 1.35 bits per heavy atom. The van der Waals surface area contributed by atoms with Gasteiger partial charge in [-0.2, -0.15) is 0 Å². The molecule has 2 aromatic heterocycles. The molecule has 2 heterocycles. The molecule has 258 valence electrons. The number of nitrogens with zero attached hydrogens (tertiary/aromatic N) is 2. The number of para-hydroxylation sites is 1. The van der Waals surface area contributed by atoms with Crippen LogP contribution in [-0.4, -0.2) is 9.97 Å². The molecule has 10 aromatic rings. The van der Waals surface area contributed by atoms with E-state index in [1.807, 2.05) is 24.3 Å². The zero-order chi connectivity index (χ0) is 36.6. The minimum atomic E-state index is 0.677. The first-order valence-corrected chi connectivity index (χ1v) is 18.6. The first-order valence-electron chi connectivity index (χ1n) is 18.6. The predicted molar refractivity (Wildman–Crippen MR) is 227 cm³/mol. The Balaban J connectivity index is 1.17. The van der Waals surface area contributed by atoms with Gasteiger partial charge in [0.2, 0.25) is 0 Å². The third-order valence-corrected chi connectivity index (χ3v) is 10.3. The second-order valence-corrected chi connectivity index (χ2v) is 13.8. The Morgan fingerprint density at radius 2 is 0.691 bits per heavy atom. The molecule has 55 heavy (non-hydrogen) atoms. The van der Waals surface area contributed by atoms with Crippen LogP contribution in [0.5, 0.6) is 0 Å². The van der Waals surface area contributed by atoms with Crippen LogP contribution in [0.4, 0.5) is 0 Å². The average Bonchev–Trinajstić information content (AvgIpc) is 3.65. The zero-order valence-corrected chi connectivity index (χ0v) is 29.9. The maximum absolute atomic E-state index is 6.36. The van der Waals surface area contributed by atoms with Crippen LogP contribution < -0.4 is 0 Å². The second-order valence-electron chi connectivity index (χ2n) is 13.8. The largest absolute Gasteiger partial charge is 0.456 e. The van der Waals surface area contributed by atoms with Gasteiger partial charge in [-0.3, -0.25) is 0 Å². The fourth-order valence-corrected chi connectivity index (χ4v) is 7.47. The molecular weight excluding hydrogens is 669 g/mol. The van der Waals surface area contributed by atoms with Gasteiger partial charge in [-0.15, -0.1) is 0 Å². The van der Waals surface area contributed by atoms with Crippen molar-refractivity contribution in [1.29, 1.82) is 0 Å². The molecule has 0 spiro atoms. The number of benzene rings is 8. The predicted octanol–water partition coefficient (Wildman–Crippen LogP) is 14.0. The number of furan rings is 1. The van der Waals surface area contributed by atoms with Gasteiger partial charge in [-0.05, 0) is 99.1 Å². The van der Waals surface area contributed by atoms with Crippen LogP contribution in [0.15, 0.2) is 211 Å². The third-order valence-electron chi connectivity index (χ3n) is 10.3. The summed E-state index contributed by atoms with van der Waals surface area (Å²) in [7, 11) is 0. The Bertz CT molecular complexity index is 2970. The molecule has 8 aromatic carbocycles. The van der Waals surface area contributed by atoms with E-state index in [2.05, 4.69) is 182 Å². The van der Waals surface area contributed by atoms with Crippen LogP contribution in [0.1, 0.15) is 0 Å². The fourth-order valence-electron chi connectivity index (χ4n) is 7.47. The van der Waals surface area contributed by atoms with Crippen molar-refractivity contribution in [2.45, 2.75) is 0 Å². The molecule has 0 fully saturated rings. The molecular formula is C52H34N2O. The highest BCUT2D eigenvalue weighted by Gasteiger charge is 2.16. The summed E-state index contributed by atoms with van der Waals surface area (Å²) in [4.78, 5) is 10.5. The number of rotatable bonds is 7. The standard InChI is InChI=1S/C52H34N2O/c1-4-14-35(15-5-1)38-20-12-22-40(28-38)43-30-44(41-26-27-47-46-24-10-11-25-50(46)55-51(47)33-41)32-45(31-43)49-34-48(37-18-8-3-9-19-37)53-52(54-49)42-23-13-21-39(29-42)36-16-6-2-7-17-36/h1-34H. The van der Waals surface area contributed by atoms with Crippen molar-refractivity contribution in [2.24, 2.45) is 0 Å². The van der Waals surface area contributed by atoms with Crippen LogP contribution in [0.25, 0.3) is 100 Å². The molecule has 0 radical (unpaired) electrons. The van der Waals surface area contributed by atoms with Crippen LogP contribution >= 0.6 is 0 Å². The molecule has 0 bridgehead atoms. The molecule has 10 rings (SSSR count). The van der Waals surface area contributed by atoms with E-state index in [4.69, 9.17) is 14.4 Å². The van der Waals surface area contributed by atoms with Crippen LogP contribution in [-0.2, 0) is 0 Å². The lowest BCUT2D eigenvalue weighted by Crippen LogP contribution is -1.97. The molecule has 0 amide bonds. The summed E-state index contributed by atoms with van der Waals surface area (Å²) in [5.41, 5.74) is 15.5. The van der Waals surface area contributed by atoms with Gasteiger partial charge in [0, 0.05) is 27.5 Å². The highest BCUT2D eigenvalue weighted by atomic mass is 16.3. The van der Waals surface area contributed by atoms with Gasteiger partial charge in [0.25, 0.3) is 0 Å². The molecule has 0 N–H and O–H groups in total. The van der Waals surface area contributed by atoms with Gasteiger partial charge in [-0.1, -0.05) is 152 Å². The van der Waals surface area contributed by atoms with Crippen LogP contribution in [0.3, 0.4) is 0 Å². The van der Waals surface area contributed by atoms with Crippen molar-refractivity contribution in [1.82, 2.24) is 9.97 Å². The summed E-state index contributed by atoms with van der Waals surface area (Å²) in [6.07, 6.45) is 0. The van der Waals surface area contributed by atoms with Crippen LogP contribution in [0, 0.1) is 0 Å². The van der Waals surface area contributed by atoms with Gasteiger partial charge in [0.1, 0.15) is 11.2 Å². The van der Waals surface area contributed by atoms with E-state index in [1.54, 1.807) is 0 Å². The molecule has 0 aliphatic carbocycles. The number of hydrogen-bond acceptors (Lipinski definition) is 3. The van der Waals surface area contributed by atoms with Crippen molar-refractivity contribution in [3.63, 3.8) is 0 Å². The SMILES string of the molecule is c1ccc(-c2cccc(-c3cc(-c4ccc5c(c4)oc4ccccc45)cc(-c4cc(-c5ccccc5)nc(-c5cccc(-c6ccccc6)c5)n4)c3)c2)cc1. The summed E-state index contributed by atoms with van der Waals surface area (Å²) >= 11 is 0. The number of aromatic nitrogens is 2. The van der Waals surface area contributed by atoms with Crippen molar-refractivity contribution >= 4 is 21.9 Å². The molecule has 0 aliphatic rings. The molecule has 0 aliphatic heterocycles. The molecule has 0 unspecified atom stereocenters. The van der Waals surface area contributed by atoms with Crippen molar-refractivity contribution in [2.75, 3.05) is 0 Å². The molecule has 0 saturated heterocycles. The molecule has 0 atom stereocenters. The van der Waals surface area contributed by atoms with Gasteiger partial charge >= 0.3 is 0 Å². The Labute approximate surface area is 319 Å². The highest BCUT2D eigenvalue weighted by Crippen LogP contribution is 2.38. The van der Waals surface area contributed by atoms with Crippen molar-refractivity contribution < 1.29 is 4.42 Å². The third kappa shape index (κ3) is 6.39. The molecule has 0 saturated carbocycles. The first kappa shape index (κ1) is 32.3. The van der Waals surface area contributed by atoms with Crippen molar-refractivity contribution in [3.8, 4) is 78.4 Å². The van der Waals surface area contributed by atoms with Crippen molar-refractivity contribution in [3.05, 3.63) is 206 Å². The van der Waals surface area contributed by atoms with E-state index >= 15 is 0 Å². The minimum Gasteiger partial charge on any atom is -0.456 e. The molecule has 3 nitrogen and oxygen atoms in total. The Hall–Kier alpha value is -7.36. The topological polar surface area (TPSA) is 38.9 Å². The second kappa shape index (κ2) is 13.9. The summed E-state index contributed by atoms with van der Waals surface area (Å²) in [5.74, 6) is 0.677. The van der Waals surface area contributed by atoms with Gasteiger partial charge in [0.05, 0.1) is 11.4 Å². The maximum atomic E-state index is 6.36. The van der Waals surface area contributed by atoms with Crippen LogP contribution in [0.2, 0.25) is 0 Å².